The van der Waals surface area contributed by atoms with Crippen LogP contribution in [0.5, 0.6) is 0 Å². The van der Waals surface area contributed by atoms with E-state index in [-0.39, 0.29) is 18.0 Å². The van der Waals surface area contributed by atoms with Gasteiger partial charge in [-0.05, 0) is 24.3 Å². The molecule has 0 saturated heterocycles. The van der Waals surface area contributed by atoms with Gasteiger partial charge in [0.15, 0.2) is 5.82 Å². The predicted octanol–water partition coefficient (Wildman–Crippen LogP) is 2.88. The maximum atomic E-state index is 11.9. The van der Waals surface area contributed by atoms with Gasteiger partial charge in [0.05, 0.1) is 11.5 Å². The smallest absolute Gasteiger partial charge is 0.269 e. The number of nitrogens with one attached hydrogen (secondary N) is 1. The molecule has 0 unspecified atom stereocenters. The minimum absolute atomic E-state index is 0.0146. The van der Waals surface area contributed by atoms with Crippen molar-refractivity contribution in [1.82, 2.24) is 14.8 Å². The number of benzene rings is 2. The molecule has 0 atom stereocenters. The lowest BCUT2D eigenvalue weighted by molar-refractivity contribution is -0.384. The molecular formula is C17H15N5O3. The standard InChI is InChI=1S/C17H15N5O3/c23-16(19-14-4-2-1-3-5-14)10-11-21-12-18-17(20-21)13-6-8-15(9-7-13)22(24)25/h1-9,12H,10-11H2,(H,19,23). The van der Waals surface area contributed by atoms with Crippen molar-refractivity contribution in [3.8, 4) is 11.4 Å². The van der Waals surface area contributed by atoms with Crippen molar-refractivity contribution in [2.45, 2.75) is 13.0 Å². The minimum Gasteiger partial charge on any atom is -0.326 e. The molecule has 0 aliphatic carbocycles. The summed E-state index contributed by atoms with van der Waals surface area (Å²) in [4.78, 5) is 26.3. The number of nitro benzene ring substituents is 1. The molecule has 0 fully saturated rings. The van der Waals surface area contributed by atoms with E-state index in [1.54, 1.807) is 16.8 Å². The molecule has 126 valence electrons. The molecule has 3 rings (SSSR count). The maximum Gasteiger partial charge on any atom is 0.269 e. The average Bonchev–Trinajstić information content (AvgIpc) is 3.10. The Bertz CT molecular complexity index is 875. The van der Waals surface area contributed by atoms with Crippen LogP contribution in [-0.2, 0) is 11.3 Å². The van der Waals surface area contributed by atoms with Crippen molar-refractivity contribution in [2.75, 3.05) is 5.32 Å². The van der Waals surface area contributed by atoms with Crippen LogP contribution >= 0.6 is 0 Å². The van der Waals surface area contributed by atoms with Crippen LogP contribution in [0.4, 0.5) is 11.4 Å². The number of anilines is 1. The summed E-state index contributed by atoms with van der Waals surface area (Å²) in [5.41, 5.74) is 1.44. The van der Waals surface area contributed by atoms with Crippen molar-refractivity contribution in [2.24, 2.45) is 0 Å². The van der Waals surface area contributed by atoms with Gasteiger partial charge in [-0.1, -0.05) is 18.2 Å². The Labute approximate surface area is 143 Å². The predicted molar refractivity (Wildman–Crippen MR) is 91.8 cm³/mol. The highest BCUT2D eigenvalue weighted by molar-refractivity contribution is 5.90. The topological polar surface area (TPSA) is 103 Å². The highest BCUT2D eigenvalue weighted by atomic mass is 16.6. The van der Waals surface area contributed by atoms with E-state index in [4.69, 9.17) is 0 Å². The zero-order valence-electron chi connectivity index (χ0n) is 13.2. The molecule has 1 aromatic heterocycles. The second-order valence-electron chi connectivity index (χ2n) is 5.30. The fourth-order valence-corrected chi connectivity index (χ4v) is 2.23. The van der Waals surface area contributed by atoms with E-state index < -0.39 is 4.92 Å². The van der Waals surface area contributed by atoms with Gasteiger partial charge in [0.2, 0.25) is 5.91 Å². The third-order valence-corrected chi connectivity index (χ3v) is 3.50. The molecule has 2 aromatic carbocycles. The van der Waals surface area contributed by atoms with Crippen molar-refractivity contribution < 1.29 is 9.72 Å². The molecule has 1 amide bonds. The quantitative estimate of drug-likeness (QED) is 0.550. The van der Waals surface area contributed by atoms with Crippen molar-refractivity contribution >= 4 is 17.3 Å². The number of non-ortho nitro benzene ring substituents is 1. The van der Waals surface area contributed by atoms with Gasteiger partial charge in [-0.3, -0.25) is 19.6 Å². The summed E-state index contributed by atoms with van der Waals surface area (Å²) < 4.78 is 1.57. The van der Waals surface area contributed by atoms with Crippen LogP contribution in [0.15, 0.2) is 60.9 Å². The number of hydrogen-bond donors (Lipinski definition) is 1. The van der Waals surface area contributed by atoms with E-state index in [9.17, 15) is 14.9 Å². The number of aromatic nitrogens is 3. The number of nitrogens with zero attached hydrogens (tertiary/aromatic N) is 4. The number of hydrogen-bond acceptors (Lipinski definition) is 5. The summed E-state index contributed by atoms with van der Waals surface area (Å²) in [7, 11) is 0. The Morgan fingerprint density at radius 2 is 1.84 bits per heavy atom. The van der Waals surface area contributed by atoms with Crippen molar-refractivity contribution in [3.05, 3.63) is 71.0 Å². The summed E-state index contributed by atoms with van der Waals surface area (Å²) in [6.07, 6.45) is 1.80. The molecule has 0 spiro atoms. The van der Waals surface area contributed by atoms with E-state index in [1.165, 1.54) is 18.5 Å². The second-order valence-corrected chi connectivity index (χ2v) is 5.30. The van der Waals surface area contributed by atoms with Gasteiger partial charge in [0.1, 0.15) is 6.33 Å². The van der Waals surface area contributed by atoms with E-state index in [0.29, 0.717) is 17.9 Å². The Morgan fingerprint density at radius 3 is 2.52 bits per heavy atom. The van der Waals surface area contributed by atoms with Crippen LogP contribution in [0.25, 0.3) is 11.4 Å². The van der Waals surface area contributed by atoms with E-state index in [2.05, 4.69) is 15.4 Å². The Balaban J connectivity index is 1.58. The van der Waals surface area contributed by atoms with E-state index in [0.717, 1.165) is 5.69 Å². The molecule has 0 aliphatic rings. The number of nitro groups is 1. The maximum absolute atomic E-state index is 11.9. The number of carbonyl (C=O) groups excluding carboxylic acids is 1. The fraction of sp³-hybridized carbons (Fsp3) is 0.118. The first-order chi connectivity index (χ1) is 12.1. The summed E-state index contributed by atoms with van der Waals surface area (Å²) in [5, 5.41) is 17.8. The van der Waals surface area contributed by atoms with Gasteiger partial charge < -0.3 is 5.32 Å². The molecule has 0 aliphatic heterocycles. The SMILES string of the molecule is O=C(CCn1cnc(-c2ccc([N+](=O)[O-])cc2)n1)Nc1ccccc1. The average molecular weight is 337 g/mol. The van der Waals surface area contributed by atoms with Gasteiger partial charge in [-0.15, -0.1) is 0 Å². The van der Waals surface area contributed by atoms with Gasteiger partial charge in [0.25, 0.3) is 5.69 Å². The lowest BCUT2D eigenvalue weighted by Gasteiger charge is -2.04. The first-order valence-electron chi connectivity index (χ1n) is 7.61. The molecule has 8 nitrogen and oxygen atoms in total. The highest BCUT2D eigenvalue weighted by Crippen LogP contribution is 2.18. The molecule has 3 aromatic rings. The van der Waals surface area contributed by atoms with Crippen molar-refractivity contribution in [3.63, 3.8) is 0 Å². The molecule has 0 radical (unpaired) electrons. The lowest BCUT2D eigenvalue weighted by Crippen LogP contribution is -2.14. The van der Waals surface area contributed by atoms with Crippen LogP contribution in [0, 0.1) is 10.1 Å². The molecule has 1 N–H and O–H groups in total. The second kappa shape index (κ2) is 7.35. The zero-order chi connectivity index (χ0) is 17.6. The molecule has 8 heteroatoms. The third-order valence-electron chi connectivity index (χ3n) is 3.50. The molecule has 25 heavy (non-hydrogen) atoms. The normalized spacial score (nSPS) is 10.4. The minimum atomic E-state index is -0.457. The summed E-state index contributed by atoms with van der Waals surface area (Å²) in [6.45, 7) is 0.388. The molecule has 1 heterocycles. The largest absolute Gasteiger partial charge is 0.326 e. The monoisotopic (exact) mass is 337 g/mol. The highest BCUT2D eigenvalue weighted by Gasteiger charge is 2.09. The van der Waals surface area contributed by atoms with Gasteiger partial charge in [-0.2, -0.15) is 5.10 Å². The lowest BCUT2D eigenvalue weighted by atomic mass is 10.2. The molecular weight excluding hydrogens is 322 g/mol. The van der Waals surface area contributed by atoms with E-state index >= 15 is 0 Å². The van der Waals surface area contributed by atoms with Crippen LogP contribution in [-0.4, -0.2) is 25.6 Å². The zero-order valence-corrected chi connectivity index (χ0v) is 13.2. The third kappa shape index (κ3) is 4.25. The van der Waals surface area contributed by atoms with Gasteiger partial charge in [0, 0.05) is 29.8 Å². The van der Waals surface area contributed by atoms with Crippen LogP contribution in [0.3, 0.4) is 0 Å². The van der Waals surface area contributed by atoms with Crippen LogP contribution < -0.4 is 5.32 Å². The van der Waals surface area contributed by atoms with Crippen molar-refractivity contribution in [1.29, 1.82) is 0 Å². The van der Waals surface area contributed by atoms with Gasteiger partial charge in [-0.25, -0.2) is 4.98 Å². The number of carbonyl (C=O) groups is 1. The summed E-state index contributed by atoms with van der Waals surface area (Å²) in [5.74, 6) is 0.344. The first-order valence-corrected chi connectivity index (χ1v) is 7.61. The molecule has 0 bridgehead atoms. The number of para-hydroxylation sites is 1. The van der Waals surface area contributed by atoms with E-state index in [1.807, 2.05) is 30.3 Å². The summed E-state index contributed by atoms with van der Waals surface area (Å²) in [6, 6.07) is 15.2. The Morgan fingerprint density at radius 1 is 1.12 bits per heavy atom. The molecule has 0 saturated carbocycles. The van der Waals surface area contributed by atoms with Crippen LogP contribution in [0.1, 0.15) is 6.42 Å². The Kier molecular flexibility index (Phi) is 4.79. The Hall–Kier alpha value is -3.55. The van der Waals surface area contributed by atoms with Crippen LogP contribution in [0.2, 0.25) is 0 Å². The number of amides is 1. The fourth-order valence-electron chi connectivity index (χ4n) is 2.23. The number of rotatable bonds is 6. The number of aryl methyl sites for hydroxylation is 1. The summed E-state index contributed by atoms with van der Waals surface area (Å²) >= 11 is 0. The first kappa shape index (κ1) is 16.3. The van der Waals surface area contributed by atoms with Gasteiger partial charge >= 0.3 is 0 Å².